The van der Waals surface area contributed by atoms with Gasteiger partial charge in [-0.05, 0) is 24.1 Å². The minimum absolute atomic E-state index is 0.699. The molecule has 0 saturated carbocycles. The van der Waals surface area contributed by atoms with Crippen LogP contribution in [0.25, 0.3) is 22.4 Å². The number of hydrogen-bond acceptors (Lipinski definition) is 3. The molecule has 5 nitrogen and oxygen atoms in total. The molecule has 5 heteroatoms. The first-order valence-corrected chi connectivity index (χ1v) is 7.83. The lowest BCUT2D eigenvalue weighted by atomic mass is 10.1. The zero-order valence-corrected chi connectivity index (χ0v) is 13.3. The Kier molecular flexibility index (Phi) is 3.67. The quantitative estimate of drug-likeness (QED) is 0.625. The first kappa shape index (κ1) is 14.4. The predicted molar refractivity (Wildman–Crippen MR) is 93.3 cm³/mol. The van der Waals surface area contributed by atoms with E-state index in [1.165, 1.54) is 11.1 Å². The minimum Gasteiger partial charge on any atom is -0.285 e. The summed E-state index contributed by atoms with van der Waals surface area (Å²) in [5.74, 6) is 0. The highest BCUT2D eigenvalue weighted by molar-refractivity contribution is 5.61. The van der Waals surface area contributed by atoms with Crippen molar-refractivity contribution in [2.45, 2.75) is 13.5 Å². The molecule has 4 aromatic rings. The predicted octanol–water partition coefficient (Wildman–Crippen LogP) is 3.69. The third-order valence-electron chi connectivity index (χ3n) is 3.98. The van der Waals surface area contributed by atoms with E-state index in [9.17, 15) is 0 Å². The van der Waals surface area contributed by atoms with Crippen LogP contribution in [0.1, 0.15) is 11.1 Å². The molecule has 2 aromatic heterocycles. The number of H-pyrrole nitrogens is 1. The van der Waals surface area contributed by atoms with E-state index in [0.717, 1.165) is 22.4 Å². The Morgan fingerprint density at radius 1 is 1.00 bits per heavy atom. The van der Waals surface area contributed by atoms with Gasteiger partial charge in [0.15, 0.2) is 0 Å². The van der Waals surface area contributed by atoms with Gasteiger partial charge in [-0.2, -0.15) is 5.10 Å². The second-order valence-electron chi connectivity index (χ2n) is 5.85. The first-order valence-electron chi connectivity index (χ1n) is 7.83. The van der Waals surface area contributed by atoms with Gasteiger partial charge in [0, 0.05) is 17.3 Å². The van der Waals surface area contributed by atoms with Crippen LogP contribution in [0.3, 0.4) is 0 Å². The van der Waals surface area contributed by atoms with Gasteiger partial charge in [0.1, 0.15) is 5.69 Å². The van der Waals surface area contributed by atoms with Crippen LogP contribution in [-0.2, 0) is 6.54 Å². The summed E-state index contributed by atoms with van der Waals surface area (Å²) in [6.07, 6.45) is 5.69. The Bertz CT molecular complexity index is 936. The van der Waals surface area contributed by atoms with Crippen LogP contribution in [0.5, 0.6) is 0 Å². The van der Waals surface area contributed by atoms with E-state index < -0.39 is 0 Å². The van der Waals surface area contributed by atoms with E-state index in [1.54, 1.807) is 0 Å². The third kappa shape index (κ3) is 2.96. The van der Waals surface area contributed by atoms with Crippen LogP contribution in [0.4, 0.5) is 0 Å². The molecule has 0 spiro atoms. The van der Waals surface area contributed by atoms with Crippen molar-refractivity contribution < 1.29 is 0 Å². The number of benzene rings is 2. The van der Waals surface area contributed by atoms with Crippen molar-refractivity contribution >= 4 is 0 Å². The summed E-state index contributed by atoms with van der Waals surface area (Å²) in [7, 11) is 0. The van der Waals surface area contributed by atoms with Gasteiger partial charge in [-0.15, -0.1) is 5.10 Å². The number of aromatic nitrogens is 5. The molecule has 0 unspecified atom stereocenters. The van der Waals surface area contributed by atoms with Crippen molar-refractivity contribution in [2.24, 2.45) is 0 Å². The smallest absolute Gasteiger partial charge is 0.113 e. The molecular formula is C19H17N5. The molecule has 0 saturated heterocycles. The molecule has 1 N–H and O–H groups in total. The summed E-state index contributed by atoms with van der Waals surface area (Å²) in [6.45, 7) is 2.78. The second kappa shape index (κ2) is 6.12. The highest BCUT2D eigenvalue weighted by Gasteiger charge is 2.05. The maximum absolute atomic E-state index is 4.28. The fraction of sp³-hybridized carbons (Fsp3) is 0.105. The lowest BCUT2D eigenvalue weighted by Gasteiger charge is -2.03. The van der Waals surface area contributed by atoms with Crippen LogP contribution >= 0.6 is 0 Å². The zero-order valence-electron chi connectivity index (χ0n) is 13.3. The third-order valence-corrected chi connectivity index (χ3v) is 3.98. The van der Waals surface area contributed by atoms with Crippen LogP contribution in [0, 0.1) is 6.92 Å². The van der Waals surface area contributed by atoms with Gasteiger partial charge in [0.05, 0.1) is 18.9 Å². The summed E-state index contributed by atoms with van der Waals surface area (Å²) >= 11 is 0. The van der Waals surface area contributed by atoms with Crippen molar-refractivity contribution in [1.82, 2.24) is 25.2 Å². The summed E-state index contributed by atoms with van der Waals surface area (Å²) in [4.78, 5) is 0. The van der Waals surface area contributed by atoms with Crippen molar-refractivity contribution in [3.05, 3.63) is 78.2 Å². The summed E-state index contributed by atoms with van der Waals surface area (Å²) < 4.78 is 1.87. The largest absolute Gasteiger partial charge is 0.285 e. The monoisotopic (exact) mass is 315 g/mol. The highest BCUT2D eigenvalue weighted by atomic mass is 15.4. The molecule has 24 heavy (non-hydrogen) atoms. The average Bonchev–Trinajstić information content (AvgIpc) is 3.27. The van der Waals surface area contributed by atoms with Gasteiger partial charge < -0.3 is 0 Å². The van der Waals surface area contributed by atoms with Crippen molar-refractivity contribution in [3.63, 3.8) is 0 Å². The molecule has 0 fully saturated rings. The molecule has 118 valence electrons. The fourth-order valence-electron chi connectivity index (χ4n) is 2.71. The Morgan fingerprint density at radius 2 is 1.88 bits per heavy atom. The number of nitrogens with one attached hydrogen (secondary N) is 1. The van der Waals surface area contributed by atoms with Crippen LogP contribution < -0.4 is 0 Å². The van der Waals surface area contributed by atoms with Gasteiger partial charge >= 0.3 is 0 Å². The van der Waals surface area contributed by atoms with E-state index in [2.05, 4.69) is 69.9 Å². The highest BCUT2D eigenvalue weighted by Crippen LogP contribution is 2.20. The number of rotatable bonds is 4. The summed E-state index contributed by atoms with van der Waals surface area (Å²) in [5, 5.41) is 15.3. The van der Waals surface area contributed by atoms with Crippen molar-refractivity contribution in [1.29, 1.82) is 0 Å². The van der Waals surface area contributed by atoms with Gasteiger partial charge in [-0.1, -0.05) is 53.2 Å². The van der Waals surface area contributed by atoms with Gasteiger partial charge in [-0.25, -0.2) is 4.68 Å². The molecule has 0 aliphatic rings. The summed E-state index contributed by atoms with van der Waals surface area (Å²) in [6, 6.07) is 16.7. The zero-order chi connectivity index (χ0) is 16.4. The molecule has 0 atom stereocenters. The molecule has 0 aliphatic heterocycles. The topological polar surface area (TPSA) is 59.4 Å². The molecule has 0 bridgehead atoms. The number of aromatic amines is 1. The van der Waals surface area contributed by atoms with Crippen LogP contribution in [-0.4, -0.2) is 25.2 Å². The number of nitrogens with zero attached hydrogens (tertiary/aromatic N) is 4. The average molecular weight is 315 g/mol. The maximum Gasteiger partial charge on any atom is 0.113 e. The molecule has 2 aromatic carbocycles. The van der Waals surface area contributed by atoms with E-state index in [-0.39, 0.29) is 0 Å². The Hall–Kier alpha value is -3.21. The standard InChI is InChI=1S/C19H17N5/c1-14-3-2-4-17(9-14)19-13-24(23-22-19)12-15-5-7-16(8-6-15)18-10-20-21-11-18/h2-11,13H,12H2,1H3,(H,20,21). The molecule has 0 aliphatic carbocycles. The number of hydrogen-bond donors (Lipinski definition) is 1. The lowest BCUT2D eigenvalue weighted by Crippen LogP contribution is -2.00. The Morgan fingerprint density at radius 3 is 2.62 bits per heavy atom. The van der Waals surface area contributed by atoms with Crippen molar-refractivity contribution in [3.8, 4) is 22.4 Å². The van der Waals surface area contributed by atoms with Crippen LogP contribution in [0.15, 0.2) is 67.1 Å². The normalized spacial score (nSPS) is 10.9. The number of aryl methyl sites for hydroxylation is 1. The lowest BCUT2D eigenvalue weighted by molar-refractivity contribution is 0.650. The summed E-state index contributed by atoms with van der Waals surface area (Å²) in [5.41, 5.74) is 6.63. The Labute approximate surface area is 140 Å². The molecule has 0 radical (unpaired) electrons. The van der Waals surface area contributed by atoms with E-state index >= 15 is 0 Å². The molecule has 4 rings (SSSR count). The van der Waals surface area contributed by atoms with Gasteiger partial charge in [0.25, 0.3) is 0 Å². The fourth-order valence-corrected chi connectivity index (χ4v) is 2.71. The van der Waals surface area contributed by atoms with Gasteiger partial charge in [-0.3, -0.25) is 5.10 Å². The molecule has 2 heterocycles. The Balaban J connectivity index is 1.52. The molecular weight excluding hydrogens is 298 g/mol. The molecule has 0 amide bonds. The van der Waals surface area contributed by atoms with Gasteiger partial charge in [0.2, 0.25) is 0 Å². The maximum atomic E-state index is 4.28. The van der Waals surface area contributed by atoms with E-state index in [4.69, 9.17) is 0 Å². The van der Waals surface area contributed by atoms with E-state index in [0.29, 0.717) is 6.54 Å². The second-order valence-corrected chi connectivity index (χ2v) is 5.85. The van der Waals surface area contributed by atoms with E-state index in [1.807, 2.05) is 29.3 Å². The van der Waals surface area contributed by atoms with Crippen molar-refractivity contribution in [2.75, 3.05) is 0 Å². The first-order chi connectivity index (χ1) is 11.8. The van der Waals surface area contributed by atoms with Crippen LogP contribution in [0.2, 0.25) is 0 Å². The minimum atomic E-state index is 0.699. The SMILES string of the molecule is Cc1cccc(-c2cn(Cc3ccc(-c4cn[nH]c4)cc3)nn2)c1.